The average Bonchev–Trinajstić information content (AvgIpc) is 2.66. The van der Waals surface area contributed by atoms with E-state index in [4.69, 9.17) is 15.3 Å². The molecule has 1 aromatic carbocycles. The van der Waals surface area contributed by atoms with Crippen LogP contribution in [0.2, 0.25) is 0 Å². The van der Waals surface area contributed by atoms with Gasteiger partial charge in [-0.25, -0.2) is 4.79 Å². The van der Waals surface area contributed by atoms with Crippen molar-refractivity contribution in [2.24, 2.45) is 0 Å². The van der Waals surface area contributed by atoms with E-state index in [0.717, 1.165) is 38.3 Å². The monoisotopic (exact) mass is 292 g/mol. The fourth-order valence-corrected chi connectivity index (χ4v) is 2.85. The molecule has 21 heavy (non-hydrogen) atoms. The van der Waals surface area contributed by atoms with Crippen LogP contribution in [-0.2, 0) is 0 Å². The number of β-amino-alcohol motifs (C(OH)–C–C–N with tert-alkyl or cyclic N) is 1. The first kappa shape index (κ1) is 14.0. The van der Waals surface area contributed by atoms with Gasteiger partial charge in [-0.05, 0) is 19.0 Å². The van der Waals surface area contributed by atoms with Gasteiger partial charge >= 0.3 is 5.76 Å². The number of aromatic amines is 1. The van der Waals surface area contributed by atoms with E-state index in [-0.39, 0.29) is 6.61 Å². The SMILES string of the molecule is Nc1cc2oc(=O)[nH]c2cc1N1CCCN(CCO)CC1. The molecule has 2 aromatic rings. The molecule has 1 aromatic heterocycles. The molecule has 0 amide bonds. The Labute approximate surface area is 121 Å². The van der Waals surface area contributed by atoms with Crippen molar-refractivity contribution in [2.45, 2.75) is 6.42 Å². The fourth-order valence-electron chi connectivity index (χ4n) is 2.85. The van der Waals surface area contributed by atoms with Crippen LogP contribution in [0, 0.1) is 0 Å². The van der Waals surface area contributed by atoms with Crippen LogP contribution < -0.4 is 16.4 Å². The molecule has 2 heterocycles. The number of benzene rings is 1. The molecule has 7 nitrogen and oxygen atoms in total. The minimum Gasteiger partial charge on any atom is -0.408 e. The molecular weight excluding hydrogens is 272 g/mol. The van der Waals surface area contributed by atoms with Crippen LogP contribution in [0.3, 0.4) is 0 Å². The molecule has 1 aliphatic heterocycles. The molecule has 4 N–H and O–H groups in total. The van der Waals surface area contributed by atoms with Crippen LogP contribution in [0.25, 0.3) is 11.1 Å². The van der Waals surface area contributed by atoms with Crippen LogP contribution in [0.15, 0.2) is 21.3 Å². The third-order valence-electron chi connectivity index (χ3n) is 3.91. The molecule has 0 aliphatic carbocycles. The zero-order chi connectivity index (χ0) is 14.8. The Bertz CT molecular complexity index is 678. The lowest BCUT2D eigenvalue weighted by Gasteiger charge is -2.24. The number of hydrogen-bond acceptors (Lipinski definition) is 6. The number of nitrogens with one attached hydrogen (secondary N) is 1. The molecule has 0 unspecified atom stereocenters. The first-order chi connectivity index (χ1) is 10.2. The number of oxazole rings is 1. The lowest BCUT2D eigenvalue weighted by Crippen LogP contribution is -2.32. The van der Waals surface area contributed by atoms with Crippen molar-refractivity contribution in [2.75, 3.05) is 50.0 Å². The largest absolute Gasteiger partial charge is 0.417 e. The minimum absolute atomic E-state index is 0.185. The Morgan fingerprint density at radius 2 is 2.14 bits per heavy atom. The Hall–Kier alpha value is -1.99. The van der Waals surface area contributed by atoms with Crippen molar-refractivity contribution in [3.8, 4) is 0 Å². The normalized spacial score (nSPS) is 17.3. The highest BCUT2D eigenvalue weighted by molar-refractivity contribution is 5.85. The maximum Gasteiger partial charge on any atom is 0.417 e. The Kier molecular flexibility index (Phi) is 3.85. The molecule has 0 spiro atoms. The van der Waals surface area contributed by atoms with E-state index in [1.165, 1.54) is 0 Å². The van der Waals surface area contributed by atoms with E-state index < -0.39 is 5.76 Å². The molecule has 0 radical (unpaired) electrons. The van der Waals surface area contributed by atoms with Gasteiger partial charge in [0.15, 0.2) is 5.58 Å². The van der Waals surface area contributed by atoms with Crippen molar-refractivity contribution in [3.63, 3.8) is 0 Å². The van der Waals surface area contributed by atoms with E-state index in [2.05, 4.69) is 14.8 Å². The highest BCUT2D eigenvalue weighted by Gasteiger charge is 2.17. The predicted octanol–water partition coefficient (Wildman–Crippen LogP) is 0.208. The minimum atomic E-state index is -0.466. The molecule has 0 bridgehead atoms. The summed E-state index contributed by atoms with van der Waals surface area (Å²) in [5.74, 6) is -0.466. The van der Waals surface area contributed by atoms with Crippen LogP contribution in [0.1, 0.15) is 6.42 Å². The molecule has 0 saturated carbocycles. The van der Waals surface area contributed by atoms with E-state index >= 15 is 0 Å². The number of fused-ring (bicyclic) bond motifs is 1. The van der Waals surface area contributed by atoms with Crippen molar-refractivity contribution in [1.82, 2.24) is 9.88 Å². The summed E-state index contributed by atoms with van der Waals surface area (Å²) in [5, 5.41) is 9.04. The smallest absolute Gasteiger partial charge is 0.408 e. The van der Waals surface area contributed by atoms with E-state index in [0.29, 0.717) is 23.3 Å². The summed E-state index contributed by atoms with van der Waals surface area (Å²) in [4.78, 5) is 18.4. The number of nitrogen functional groups attached to an aromatic ring is 1. The van der Waals surface area contributed by atoms with Gasteiger partial charge < -0.3 is 20.2 Å². The van der Waals surface area contributed by atoms with Gasteiger partial charge in [-0.15, -0.1) is 0 Å². The molecule has 7 heteroatoms. The van der Waals surface area contributed by atoms with Gasteiger partial charge in [0, 0.05) is 32.2 Å². The van der Waals surface area contributed by atoms with Gasteiger partial charge in [-0.3, -0.25) is 9.88 Å². The van der Waals surface area contributed by atoms with Crippen molar-refractivity contribution in [1.29, 1.82) is 0 Å². The van der Waals surface area contributed by atoms with Gasteiger partial charge in [0.05, 0.1) is 23.5 Å². The second-order valence-corrected chi connectivity index (χ2v) is 5.33. The molecule has 0 atom stereocenters. The third kappa shape index (κ3) is 2.88. The summed E-state index contributed by atoms with van der Waals surface area (Å²) < 4.78 is 5.02. The standard InChI is InChI=1S/C14H20N4O3/c15-10-8-13-11(16-14(20)21-13)9-12(10)18-3-1-2-17(4-5-18)6-7-19/h8-9,19H,1-7,15H2,(H,16,20). The highest BCUT2D eigenvalue weighted by atomic mass is 16.4. The van der Waals surface area contributed by atoms with Gasteiger partial charge in [0.1, 0.15) is 0 Å². The molecule has 3 rings (SSSR count). The number of hydrogen-bond donors (Lipinski definition) is 3. The number of aromatic nitrogens is 1. The van der Waals surface area contributed by atoms with Gasteiger partial charge in [-0.1, -0.05) is 0 Å². The number of aliphatic hydroxyl groups is 1. The Morgan fingerprint density at radius 1 is 1.29 bits per heavy atom. The van der Waals surface area contributed by atoms with E-state index in [1.807, 2.05) is 6.07 Å². The molecule has 1 fully saturated rings. The topological polar surface area (TPSA) is 98.7 Å². The molecule has 1 saturated heterocycles. The van der Waals surface area contributed by atoms with Crippen LogP contribution >= 0.6 is 0 Å². The summed E-state index contributed by atoms with van der Waals surface area (Å²) in [5.41, 5.74) is 8.78. The van der Waals surface area contributed by atoms with E-state index in [1.54, 1.807) is 6.07 Å². The first-order valence-electron chi connectivity index (χ1n) is 7.18. The van der Waals surface area contributed by atoms with Crippen LogP contribution in [-0.4, -0.2) is 54.3 Å². The lowest BCUT2D eigenvalue weighted by molar-refractivity contribution is 0.204. The van der Waals surface area contributed by atoms with Crippen molar-refractivity contribution < 1.29 is 9.52 Å². The summed E-state index contributed by atoms with van der Waals surface area (Å²) in [6.07, 6.45) is 1.01. The van der Waals surface area contributed by atoms with Crippen LogP contribution in [0.4, 0.5) is 11.4 Å². The predicted molar refractivity (Wildman–Crippen MR) is 81.6 cm³/mol. The second kappa shape index (κ2) is 5.79. The quantitative estimate of drug-likeness (QED) is 0.699. The van der Waals surface area contributed by atoms with Crippen LogP contribution in [0.5, 0.6) is 0 Å². The first-order valence-corrected chi connectivity index (χ1v) is 7.18. The third-order valence-corrected chi connectivity index (χ3v) is 3.91. The number of rotatable bonds is 3. The van der Waals surface area contributed by atoms with Crippen molar-refractivity contribution in [3.05, 3.63) is 22.7 Å². The van der Waals surface area contributed by atoms with Gasteiger partial charge in [0.2, 0.25) is 0 Å². The summed E-state index contributed by atoms with van der Waals surface area (Å²) in [6.45, 7) is 4.50. The lowest BCUT2D eigenvalue weighted by atomic mass is 10.2. The maximum absolute atomic E-state index is 11.3. The van der Waals surface area contributed by atoms with Gasteiger partial charge in [-0.2, -0.15) is 0 Å². The van der Waals surface area contributed by atoms with Crippen molar-refractivity contribution >= 4 is 22.5 Å². The zero-order valence-electron chi connectivity index (χ0n) is 11.8. The Balaban J connectivity index is 1.85. The molecular formula is C14H20N4O3. The summed E-state index contributed by atoms with van der Waals surface area (Å²) in [7, 11) is 0. The number of aliphatic hydroxyl groups excluding tert-OH is 1. The maximum atomic E-state index is 11.3. The highest BCUT2D eigenvalue weighted by Crippen LogP contribution is 2.28. The average molecular weight is 292 g/mol. The number of nitrogens with two attached hydrogens (primary N) is 1. The van der Waals surface area contributed by atoms with Gasteiger partial charge in [0.25, 0.3) is 0 Å². The second-order valence-electron chi connectivity index (χ2n) is 5.33. The summed E-state index contributed by atoms with van der Waals surface area (Å²) >= 11 is 0. The zero-order valence-corrected chi connectivity index (χ0v) is 11.8. The summed E-state index contributed by atoms with van der Waals surface area (Å²) in [6, 6.07) is 3.57. The number of H-pyrrole nitrogens is 1. The fraction of sp³-hybridized carbons (Fsp3) is 0.500. The molecule has 1 aliphatic rings. The number of nitrogens with zero attached hydrogens (tertiary/aromatic N) is 2. The molecule has 114 valence electrons. The Morgan fingerprint density at radius 3 is 2.95 bits per heavy atom. The van der Waals surface area contributed by atoms with E-state index in [9.17, 15) is 4.79 Å². The number of anilines is 2.